The van der Waals surface area contributed by atoms with E-state index >= 15 is 0 Å². The monoisotopic (exact) mass is 293 g/mol. The largest absolute Gasteiger partial charge is 0.493 e. The fourth-order valence-corrected chi connectivity index (χ4v) is 3.20. The third-order valence-corrected chi connectivity index (χ3v) is 4.45. The summed E-state index contributed by atoms with van der Waals surface area (Å²) < 4.78 is 16.3. The van der Waals surface area contributed by atoms with Crippen molar-refractivity contribution in [1.82, 2.24) is 5.32 Å². The van der Waals surface area contributed by atoms with Crippen molar-refractivity contribution < 1.29 is 14.2 Å². The van der Waals surface area contributed by atoms with Crippen molar-refractivity contribution in [2.75, 3.05) is 27.9 Å². The fourth-order valence-electron chi connectivity index (χ4n) is 3.20. The Morgan fingerprint density at radius 3 is 2.38 bits per heavy atom. The summed E-state index contributed by atoms with van der Waals surface area (Å²) in [5, 5.41) is 3.67. The average Bonchev–Trinajstić information content (AvgIpc) is 2.91. The highest BCUT2D eigenvalue weighted by molar-refractivity contribution is 5.55. The smallest absolute Gasteiger partial charge is 0.203 e. The van der Waals surface area contributed by atoms with Crippen LogP contribution in [0.3, 0.4) is 0 Å². The van der Waals surface area contributed by atoms with Crippen LogP contribution in [0.4, 0.5) is 0 Å². The van der Waals surface area contributed by atoms with Gasteiger partial charge in [0.25, 0.3) is 0 Å². The van der Waals surface area contributed by atoms with Crippen molar-refractivity contribution in [3.63, 3.8) is 0 Å². The topological polar surface area (TPSA) is 39.7 Å². The molecule has 21 heavy (non-hydrogen) atoms. The zero-order valence-corrected chi connectivity index (χ0v) is 13.6. The van der Waals surface area contributed by atoms with E-state index in [0.29, 0.717) is 17.5 Å². The van der Waals surface area contributed by atoms with Gasteiger partial charge in [-0.1, -0.05) is 19.4 Å². The van der Waals surface area contributed by atoms with Crippen molar-refractivity contribution in [3.8, 4) is 17.2 Å². The van der Waals surface area contributed by atoms with Gasteiger partial charge >= 0.3 is 0 Å². The van der Waals surface area contributed by atoms with E-state index in [1.807, 2.05) is 6.07 Å². The van der Waals surface area contributed by atoms with E-state index in [9.17, 15) is 0 Å². The van der Waals surface area contributed by atoms with Gasteiger partial charge in [-0.05, 0) is 43.4 Å². The Labute approximate surface area is 127 Å². The Kier molecular flexibility index (Phi) is 5.74. The summed E-state index contributed by atoms with van der Waals surface area (Å²) >= 11 is 0. The zero-order valence-electron chi connectivity index (χ0n) is 13.6. The standard InChI is InChI=1S/C17H27NO3/c1-12-6-5-7-14(12)18-11-10-13-8-9-15(19-2)17(21-4)16(13)20-3/h8-9,12,14,18H,5-7,10-11H2,1-4H3/t12-,14+/m0/s1. The van der Waals surface area contributed by atoms with E-state index in [1.165, 1.54) is 19.3 Å². The molecule has 1 aromatic carbocycles. The Morgan fingerprint density at radius 2 is 1.81 bits per heavy atom. The average molecular weight is 293 g/mol. The third-order valence-electron chi connectivity index (χ3n) is 4.45. The number of rotatable bonds is 7. The van der Waals surface area contributed by atoms with Crippen molar-refractivity contribution in [1.29, 1.82) is 0 Å². The molecular weight excluding hydrogens is 266 g/mol. The molecule has 1 aliphatic carbocycles. The first-order valence-electron chi connectivity index (χ1n) is 7.72. The Hall–Kier alpha value is -1.42. The maximum absolute atomic E-state index is 5.52. The van der Waals surface area contributed by atoms with Crippen LogP contribution < -0.4 is 19.5 Å². The molecule has 4 nitrogen and oxygen atoms in total. The minimum Gasteiger partial charge on any atom is -0.493 e. The van der Waals surface area contributed by atoms with Crippen molar-refractivity contribution in [2.24, 2.45) is 5.92 Å². The molecule has 1 aromatic rings. The first-order valence-corrected chi connectivity index (χ1v) is 7.72. The summed E-state index contributed by atoms with van der Waals surface area (Å²) in [5.41, 5.74) is 1.15. The summed E-state index contributed by atoms with van der Waals surface area (Å²) in [7, 11) is 4.95. The predicted octanol–water partition coefficient (Wildman–Crippen LogP) is 3.03. The van der Waals surface area contributed by atoms with E-state index in [2.05, 4.69) is 18.3 Å². The number of methoxy groups -OCH3 is 3. The maximum atomic E-state index is 5.52. The van der Waals surface area contributed by atoms with Crippen molar-refractivity contribution in [3.05, 3.63) is 17.7 Å². The molecule has 0 heterocycles. The normalized spacial score (nSPS) is 21.3. The first-order chi connectivity index (χ1) is 10.2. The van der Waals surface area contributed by atoms with E-state index in [4.69, 9.17) is 14.2 Å². The fraction of sp³-hybridized carbons (Fsp3) is 0.647. The lowest BCUT2D eigenvalue weighted by molar-refractivity contribution is 0.321. The molecule has 0 aliphatic heterocycles. The number of ether oxygens (including phenoxy) is 3. The van der Waals surface area contributed by atoms with Crippen LogP contribution in [-0.4, -0.2) is 33.9 Å². The molecule has 2 rings (SSSR count). The molecule has 1 saturated carbocycles. The second-order valence-electron chi connectivity index (χ2n) is 5.71. The van der Waals surface area contributed by atoms with Gasteiger partial charge < -0.3 is 19.5 Å². The molecule has 2 atom stereocenters. The Bertz CT molecular complexity index is 462. The molecule has 1 N–H and O–H groups in total. The van der Waals surface area contributed by atoms with Crippen LogP contribution in [-0.2, 0) is 6.42 Å². The summed E-state index contributed by atoms with van der Waals surface area (Å²) in [6.45, 7) is 3.29. The lowest BCUT2D eigenvalue weighted by atomic mass is 10.1. The Balaban J connectivity index is 2.02. The van der Waals surface area contributed by atoms with Crippen LogP contribution in [0.15, 0.2) is 12.1 Å². The molecule has 4 heteroatoms. The molecule has 1 aliphatic rings. The summed E-state index contributed by atoms with van der Waals surface area (Å²) in [6.07, 6.45) is 4.91. The molecule has 0 amide bonds. The zero-order chi connectivity index (χ0) is 15.2. The summed E-state index contributed by atoms with van der Waals surface area (Å²) in [6, 6.07) is 4.66. The first kappa shape index (κ1) is 16.0. The molecule has 1 fully saturated rings. The molecule has 0 unspecified atom stereocenters. The molecule has 0 bridgehead atoms. The van der Waals surface area contributed by atoms with E-state index in [1.54, 1.807) is 21.3 Å². The van der Waals surface area contributed by atoms with Crippen molar-refractivity contribution in [2.45, 2.75) is 38.6 Å². The lowest BCUT2D eigenvalue weighted by Gasteiger charge is -2.19. The summed E-state index contributed by atoms with van der Waals surface area (Å²) in [5.74, 6) is 2.94. The van der Waals surface area contributed by atoms with Crippen LogP contribution in [0.5, 0.6) is 17.2 Å². The molecule has 0 saturated heterocycles. The highest BCUT2D eigenvalue weighted by atomic mass is 16.5. The van der Waals surface area contributed by atoms with Gasteiger partial charge in [0.05, 0.1) is 21.3 Å². The van der Waals surface area contributed by atoms with Gasteiger partial charge in [-0.15, -0.1) is 0 Å². The van der Waals surface area contributed by atoms with E-state index in [0.717, 1.165) is 30.2 Å². The van der Waals surface area contributed by atoms with Gasteiger partial charge in [0.1, 0.15) is 0 Å². The van der Waals surface area contributed by atoms with Crippen molar-refractivity contribution >= 4 is 0 Å². The van der Waals surface area contributed by atoms with Gasteiger partial charge in [0.2, 0.25) is 5.75 Å². The van der Waals surface area contributed by atoms with E-state index < -0.39 is 0 Å². The molecule has 0 spiro atoms. The second kappa shape index (κ2) is 7.55. The quantitative estimate of drug-likeness (QED) is 0.839. The number of hydrogen-bond donors (Lipinski definition) is 1. The third kappa shape index (κ3) is 3.62. The van der Waals surface area contributed by atoms with E-state index in [-0.39, 0.29) is 0 Å². The SMILES string of the molecule is COc1ccc(CCN[C@@H]2CCC[C@@H]2C)c(OC)c1OC. The number of hydrogen-bond acceptors (Lipinski definition) is 4. The highest BCUT2D eigenvalue weighted by Crippen LogP contribution is 2.39. The van der Waals surface area contributed by atoms with Gasteiger partial charge in [-0.2, -0.15) is 0 Å². The number of benzene rings is 1. The maximum Gasteiger partial charge on any atom is 0.203 e. The van der Waals surface area contributed by atoms with Gasteiger partial charge in [-0.3, -0.25) is 0 Å². The van der Waals surface area contributed by atoms with Crippen LogP contribution in [0.25, 0.3) is 0 Å². The number of nitrogens with one attached hydrogen (secondary N) is 1. The van der Waals surface area contributed by atoms with Crippen LogP contribution in [0.1, 0.15) is 31.7 Å². The minimum absolute atomic E-state index is 0.663. The molecular formula is C17H27NO3. The van der Waals surface area contributed by atoms with Crippen LogP contribution in [0.2, 0.25) is 0 Å². The Morgan fingerprint density at radius 1 is 1.05 bits per heavy atom. The molecule has 118 valence electrons. The second-order valence-corrected chi connectivity index (χ2v) is 5.71. The summed E-state index contributed by atoms with van der Waals surface area (Å²) in [4.78, 5) is 0. The molecule has 0 aromatic heterocycles. The van der Waals surface area contributed by atoms with Gasteiger partial charge in [0, 0.05) is 6.04 Å². The van der Waals surface area contributed by atoms with Crippen LogP contribution in [0, 0.1) is 5.92 Å². The van der Waals surface area contributed by atoms with Crippen LogP contribution >= 0.6 is 0 Å². The minimum atomic E-state index is 0.663. The predicted molar refractivity (Wildman–Crippen MR) is 84.6 cm³/mol. The lowest BCUT2D eigenvalue weighted by Crippen LogP contribution is -2.32. The van der Waals surface area contributed by atoms with Gasteiger partial charge in [0.15, 0.2) is 11.5 Å². The molecule has 0 radical (unpaired) electrons. The van der Waals surface area contributed by atoms with Gasteiger partial charge in [-0.25, -0.2) is 0 Å². The highest BCUT2D eigenvalue weighted by Gasteiger charge is 2.22.